The third kappa shape index (κ3) is 4.80. The summed E-state index contributed by atoms with van der Waals surface area (Å²) in [6.45, 7) is 6.20. The van der Waals surface area contributed by atoms with Gasteiger partial charge in [-0.15, -0.1) is 0 Å². The number of nitrogens with one attached hydrogen (secondary N) is 2. The van der Waals surface area contributed by atoms with Crippen LogP contribution in [0.3, 0.4) is 0 Å². The van der Waals surface area contributed by atoms with Crippen LogP contribution < -0.4 is 10.6 Å². The summed E-state index contributed by atoms with van der Waals surface area (Å²) in [6, 6.07) is 6.20. The van der Waals surface area contributed by atoms with Crippen molar-refractivity contribution in [3.63, 3.8) is 0 Å². The predicted molar refractivity (Wildman–Crippen MR) is 83.0 cm³/mol. The van der Waals surface area contributed by atoms with E-state index in [-0.39, 0.29) is 23.0 Å². The first-order valence-electron chi connectivity index (χ1n) is 6.96. The molecule has 2 aromatic rings. The lowest BCUT2D eigenvalue weighted by atomic mass is 10.1. The zero-order chi connectivity index (χ0) is 16.2. The zero-order valence-corrected chi connectivity index (χ0v) is 12.9. The van der Waals surface area contributed by atoms with Gasteiger partial charge in [0.15, 0.2) is 0 Å². The quantitative estimate of drug-likeness (QED) is 0.911. The monoisotopic (exact) mass is 302 g/mol. The van der Waals surface area contributed by atoms with Crippen LogP contribution in [-0.2, 0) is 6.54 Å². The fraction of sp³-hybridized carbons (Fsp3) is 0.312. The Labute approximate surface area is 129 Å². The second-order valence-electron chi connectivity index (χ2n) is 5.97. The molecular weight excluding hydrogens is 283 g/mol. The van der Waals surface area contributed by atoms with Crippen molar-refractivity contribution in [3.8, 4) is 0 Å². The average Bonchev–Trinajstić information content (AvgIpc) is 2.45. The van der Waals surface area contributed by atoms with E-state index in [4.69, 9.17) is 0 Å². The largest absolute Gasteiger partial charge is 0.365 e. The Morgan fingerprint density at radius 1 is 1.14 bits per heavy atom. The van der Waals surface area contributed by atoms with Crippen molar-refractivity contribution in [1.82, 2.24) is 15.3 Å². The highest BCUT2D eigenvalue weighted by Gasteiger charge is 2.16. The van der Waals surface area contributed by atoms with Gasteiger partial charge >= 0.3 is 0 Å². The van der Waals surface area contributed by atoms with Crippen molar-refractivity contribution in [2.24, 2.45) is 0 Å². The first-order valence-corrected chi connectivity index (χ1v) is 6.96. The van der Waals surface area contributed by atoms with Crippen molar-refractivity contribution in [2.75, 3.05) is 5.32 Å². The van der Waals surface area contributed by atoms with Gasteiger partial charge in [0, 0.05) is 12.1 Å². The Balaban J connectivity index is 1.94. The highest BCUT2D eigenvalue weighted by atomic mass is 19.1. The summed E-state index contributed by atoms with van der Waals surface area (Å²) >= 11 is 0. The Bertz CT molecular complexity index is 633. The molecule has 1 aromatic carbocycles. The SMILES string of the molecule is CC(C)(C)NC(=O)c1cnc(NCc2ccc(F)cc2)cn1. The molecule has 0 aliphatic rings. The predicted octanol–water partition coefficient (Wildman–Crippen LogP) is 2.76. The first kappa shape index (κ1) is 15.9. The number of hydrogen-bond donors (Lipinski definition) is 2. The zero-order valence-electron chi connectivity index (χ0n) is 12.9. The molecule has 2 N–H and O–H groups in total. The van der Waals surface area contributed by atoms with E-state index in [1.165, 1.54) is 24.5 Å². The smallest absolute Gasteiger partial charge is 0.271 e. The Morgan fingerprint density at radius 2 is 1.82 bits per heavy atom. The molecule has 0 spiro atoms. The maximum Gasteiger partial charge on any atom is 0.271 e. The van der Waals surface area contributed by atoms with Crippen molar-refractivity contribution >= 4 is 11.7 Å². The van der Waals surface area contributed by atoms with Crippen LogP contribution in [0.15, 0.2) is 36.7 Å². The Hall–Kier alpha value is -2.50. The van der Waals surface area contributed by atoms with Gasteiger partial charge in [0.05, 0.1) is 12.4 Å². The minimum Gasteiger partial charge on any atom is -0.365 e. The molecular formula is C16H19FN4O. The van der Waals surface area contributed by atoms with Gasteiger partial charge in [-0.3, -0.25) is 4.79 Å². The topological polar surface area (TPSA) is 66.9 Å². The molecule has 0 atom stereocenters. The van der Waals surface area contributed by atoms with Crippen LogP contribution >= 0.6 is 0 Å². The molecule has 2 rings (SSSR count). The highest BCUT2D eigenvalue weighted by molar-refractivity contribution is 5.92. The van der Waals surface area contributed by atoms with Gasteiger partial charge in [-0.05, 0) is 38.5 Å². The second-order valence-corrected chi connectivity index (χ2v) is 5.97. The lowest BCUT2D eigenvalue weighted by molar-refractivity contribution is 0.0914. The summed E-state index contributed by atoms with van der Waals surface area (Å²) in [5.41, 5.74) is 0.873. The fourth-order valence-corrected chi connectivity index (χ4v) is 1.74. The number of carbonyl (C=O) groups excluding carboxylic acids is 1. The molecule has 0 aliphatic carbocycles. The van der Waals surface area contributed by atoms with E-state index in [0.717, 1.165) is 5.56 Å². The van der Waals surface area contributed by atoms with Crippen LogP contribution in [-0.4, -0.2) is 21.4 Å². The van der Waals surface area contributed by atoms with Crippen molar-refractivity contribution in [1.29, 1.82) is 0 Å². The molecule has 116 valence electrons. The van der Waals surface area contributed by atoms with Gasteiger partial charge in [0.1, 0.15) is 17.3 Å². The lowest BCUT2D eigenvalue weighted by Gasteiger charge is -2.19. The van der Waals surface area contributed by atoms with E-state index in [1.807, 2.05) is 20.8 Å². The summed E-state index contributed by atoms with van der Waals surface area (Å²) in [4.78, 5) is 20.2. The lowest BCUT2D eigenvalue weighted by Crippen LogP contribution is -2.40. The summed E-state index contributed by atoms with van der Waals surface area (Å²) in [6.07, 6.45) is 2.93. The van der Waals surface area contributed by atoms with Gasteiger partial charge < -0.3 is 10.6 Å². The van der Waals surface area contributed by atoms with Crippen LogP contribution in [0.5, 0.6) is 0 Å². The maximum absolute atomic E-state index is 12.8. The van der Waals surface area contributed by atoms with Gasteiger partial charge in [-0.25, -0.2) is 14.4 Å². The van der Waals surface area contributed by atoms with Gasteiger partial charge in [0.2, 0.25) is 0 Å². The normalized spacial score (nSPS) is 11.1. The fourth-order valence-electron chi connectivity index (χ4n) is 1.74. The minimum absolute atomic E-state index is 0.259. The maximum atomic E-state index is 12.8. The number of anilines is 1. The summed E-state index contributed by atoms with van der Waals surface area (Å²) < 4.78 is 12.8. The number of nitrogens with zero attached hydrogens (tertiary/aromatic N) is 2. The van der Waals surface area contributed by atoms with Gasteiger partial charge in [0.25, 0.3) is 5.91 Å². The molecule has 0 saturated carbocycles. The number of amides is 1. The molecule has 5 nitrogen and oxygen atoms in total. The van der Waals surface area contributed by atoms with Crippen molar-refractivity contribution in [2.45, 2.75) is 32.9 Å². The number of halogens is 1. The average molecular weight is 302 g/mol. The molecule has 0 radical (unpaired) electrons. The molecule has 0 unspecified atom stereocenters. The van der Waals surface area contributed by atoms with E-state index < -0.39 is 0 Å². The van der Waals surface area contributed by atoms with Crippen LogP contribution in [0.1, 0.15) is 36.8 Å². The number of carbonyl (C=O) groups is 1. The Morgan fingerprint density at radius 3 is 2.36 bits per heavy atom. The molecule has 1 heterocycles. The van der Waals surface area contributed by atoms with E-state index in [0.29, 0.717) is 12.4 Å². The molecule has 22 heavy (non-hydrogen) atoms. The standard InChI is InChI=1S/C16H19FN4O/c1-16(2,3)21-15(22)13-9-20-14(10-18-13)19-8-11-4-6-12(17)7-5-11/h4-7,9-10H,8H2,1-3H3,(H,19,20)(H,21,22). The third-order valence-electron chi connectivity index (χ3n) is 2.76. The molecule has 6 heteroatoms. The summed E-state index contributed by atoms with van der Waals surface area (Å²) in [5, 5.41) is 5.89. The summed E-state index contributed by atoms with van der Waals surface area (Å²) in [5.74, 6) is 0.0273. The van der Waals surface area contributed by atoms with Crippen molar-refractivity contribution in [3.05, 3.63) is 53.7 Å². The minimum atomic E-state index is -0.321. The molecule has 0 fully saturated rings. The van der Waals surface area contributed by atoms with Crippen LogP contribution in [0.2, 0.25) is 0 Å². The number of hydrogen-bond acceptors (Lipinski definition) is 4. The summed E-state index contributed by atoms with van der Waals surface area (Å²) in [7, 11) is 0. The Kier molecular flexibility index (Phi) is 4.70. The molecule has 0 aliphatic heterocycles. The van der Waals surface area contributed by atoms with Gasteiger partial charge in [-0.1, -0.05) is 12.1 Å². The number of benzene rings is 1. The molecule has 1 amide bonds. The second kappa shape index (κ2) is 6.51. The first-order chi connectivity index (χ1) is 10.3. The van der Waals surface area contributed by atoms with E-state index in [1.54, 1.807) is 12.1 Å². The van der Waals surface area contributed by atoms with Crippen LogP contribution in [0.4, 0.5) is 10.2 Å². The number of aromatic nitrogens is 2. The van der Waals surface area contributed by atoms with Crippen molar-refractivity contribution < 1.29 is 9.18 Å². The molecule has 0 saturated heterocycles. The van der Waals surface area contributed by atoms with Crippen LogP contribution in [0, 0.1) is 5.82 Å². The van der Waals surface area contributed by atoms with Crippen LogP contribution in [0.25, 0.3) is 0 Å². The highest BCUT2D eigenvalue weighted by Crippen LogP contribution is 2.08. The third-order valence-corrected chi connectivity index (χ3v) is 2.76. The van der Waals surface area contributed by atoms with Gasteiger partial charge in [-0.2, -0.15) is 0 Å². The van der Waals surface area contributed by atoms with E-state index >= 15 is 0 Å². The van der Waals surface area contributed by atoms with E-state index in [9.17, 15) is 9.18 Å². The molecule has 0 bridgehead atoms. The van der Waals surface area contributed by atoms with E-state index in [2.05, 4.69) is 20.6 Å². The molecule has 1 aromatic heterocycles. The number of rotatable bonds is 4.